The van der Waals surface area contributed by atoms with Crippen molar-refractivity contribution in [3.05, 3.63) is 22.2 Å². The Labute approximate surface area is 193 Å². The molecule has 1 N–H and O–H groups in total. The van der Waals surface area contributed by atoms with E-state index in [9.17, 15) is 9.90 Å². The van der Waals surface area contributed by atoms with Crippen LogP contribution in [0.5, 0.6) is 5.75 Å². The minimum absolute atomic E-state index is 0.145. The number of benzene rings is 1. The first kappa shape index (κ1) is 21.5. The molecule has 7 heteroatoms. The maximum Gasteiger partial charge on any atom is 0.303 e. The number of carbonyl (C=O) groups is 1. The second-order valence-electron chi connectivity index (χ2n) is 10.2. The van der Waals surface area contributed by atoms with Crippen LogP contribution in [-0.2, 0) is 14.9 Å². The van der Waals surface area contributed by atoms with Crippen LogP contribution in [0.3, 0.4) is 0 Å². The van der Waals surface area contributed by atoms with Gasteiger partial charge in [-0.3, -0.25) is 9.69 Å². The summed E-state index contributed by atoms with van der Waals surface area (Å²) in [4.78, 5) is 17.0. The van der Waals surface area contributed by atoms with Gasteiger partial charge >= 0.3 is 5.97 Å². The summed E-state index contributed by atoms with van der Waals surface area (Å²) < 4.78 is 12.5. The van der Waals surface area contributed by atoms with E-state index >= 15 is 0 Å². The van der Waals surface area contributed by atoms with E-state index in [1.807, 2.05) is 0 Å². The van der Waals surface area contributed by atoms with Crippen LogP contribution in [0.15, 0.2) is 16.6 Å². The minimum atomic E-state index is -0.757. The molecule has 4 aliphatic rings. The first-order valence-corrected chi connectivity index (χ1v) is 12.2. The Hall–Kier alpha value is -1.31. The van der Waals surface area contributed by atoms with Gasteiger partial charge in [-0.1, -0.05) is 13.8 Å². The first-order chi connectivity index (χ1) is 14.7. The number of halogens is 1. The van der Waals surface area contributed by atoms with Gasteiger partial charge in [0.05, 0.1) is 17.6 Å². The summed E-state index contributed by atoms with van der Waals surface area (Å²) in [6, 6.07) is 4.38. The third-order valence-corrected chi connectivity index (χ3v) is 9.35. The van der Waals surface area contributed by atoms with Gasteiger partial charge in [0.1, 0.15) is 18.0 Å². The number of nitrogens with zero attached hydrogens (tertiary/aromatic N) is 2. The van der Waals surface area contributed by atoms with Gasteiger partial charge in [-0.2, -0.15) is 0 Å². The second-order valence-corrected chi connectivity index (χ2v) is 11.0. The molecule has 0 aromatic heterocycles. The number of aliphatic hydroxyl groups excluding tert-OH is 1. The summed E-state index contributed by atoms with van der Waals surface area (Å²) in [6.45, 7) is 8.02. The van der Waals surface area contributed by atoms with Crippen molar-refractivity contribution in [3.8, 4) is 5.75 Å². The molecule has 0 radical (unpaired) electrons. The lowest BCUT2D eigenvalue weighted by Crippen LogP contribution is -2.75. The normalized spacial score (nSPS) is 40.9. The third-order valence-electron chi connectivity index (χ3n) is 8.73. The number of hydrogen-bond donors (Lipinski definition) is 1. The Balaban J connectivity index is 1.77. The molecule has 3 aliphatic heterocycles. The highest BCUT2D eigenvalue weighted by Gasteiger charge is 2.74. The lowest BCUT2D eigenvalue weighted by atomic mass is 9.49. The summed E-state index contributed by atoms with van der Waals surface area (Å²) in [5.74, 6) is 0.977. The summed E-state index contributed by atoms with van der Waals surface area (Å²) in [5, 5.41) is 11.9. The fraction of sp³-hybridized carbons (Fsp3) is 0.708. The van der Waals surface area contributed by atoms with Crippen molar-refractivity contribution in [1.29, 1.82) is 0 Å². The van der Waals surface area contributed by atoms with E-state index in [-0.39, 0.29) is 28.9 Å². The predicted molar refractivity (Wildman–Crippen MR) is 123 cm³/mol. The zero-order valence-corrected chi connectivity index (χ0v) is 20.6. The molecule has 31 heavy (non-hydrogen) atoms. The Morgan fingerprint density at radius 2 is 2.13 bits per heavy atom. The van der Waals surface area contributed by atoms with Crippen molar-refractivity contribution in [1.82, 2.24) is 4.90 Å². The zero-order valence-electron chi connectivity index (χ0n) is 19.0. The monoisotopic (exact) mass is 492 g/mol. The molecule has 7 atom stereocenters. The maximum absolute atomic E-state index is 12.2. The van der Waals surface area contributed by atoms with Crippen molar-refractivity contribution in [3.63, 3.8) is 0 Å². The predicted octanol–water partition coefficient (Wildman–Crippen LogP) is 3.33. The van der Waals surface area contributed by atoms with Crippen molar-refractivity contribution in [2.45, 2.75) is 69.7 Å². The average Bonchev–Trinajstić information content (AvgIpc) is 3.21. The molecule has 0 bridgehead atoms. The van der Waals surface area contributed by atoms with Gasteiger partial charge in [0.2, 0.25) is 0 Å². The smallest absolute Gasteiger partial charge is 0.303 e. The number of carbonyl (C=O) groups excluding carboxylic acids is 1. The Kier molecular flexibility index (Phi) is 4.93. The second kappa shape index (κ2) is 7.09. The molecule has 3 fully saturated rings. The number of ether oxygens (including phenoxy) is 2. The number of aliphatic hydroxyl groups is 1. The molecule has 1 aromatic rings. The average molecular weight is 493 g/mol. The summed E-state index contributed by atoms with van der Waals surface area (Å²) in [5.41, 5.74) is 1.92. The molecule has 6 nitrogen and oxygen atoms in total. The molecule has 3 heterocycles. The molecule has 1 spiro atoms. The number of piperidine rings is 1. The van der Waals surface area contributed by atoms with Gasteiger partial charge in [0.25, 0.3) is 0 Å². The van der Waals surface area contributed by atoms with E-state index in [0.29, 0.717) is 5.92 Å². The lowest BCUT2D eigenvalue weighted by molar-refractivity contribution is -0.205. The maximum atomic E-state index is 12.2. The van der Waals surface area contributed by atoms with Gasteiger partial charge < -0.3 is 19.5 Å². The zero-order chi connectivity index (χ0) is 22.3. The van der Waals surface area contributed by atoms with E-state index in [0.717, 1.165) is 48.3 Å². The quantitative estimate of drug-likeness (QED) is 0.652. The molecular formula is C24H33BrN2O4. The molecule has 170 valence electrons. The van der Waals surface area contributed by atoms with Crippen molar-refractivity contribution >= 4 is 27.6 Å². The largest absolute Gasteiger partial charge is 0.495 e. The molecule has 5 unspecified atom stereocenters. The number of fused-ring (bicyclic) bond motifs is 1. The van der Waals surface area contributed by atoms with Crippen molar-refractivity contribution in [2.75, 3.05) is 32.1 Å². The number of rotatable bonds is 3. The molecule has 5 rings (SSSR count). The van der Waals surface area contributed by atoms with Crippen LogP contribution in [0.25, 0.3) is 0 Å². The molecular weight excluding hydrogens is 460 g/mol. The molecule has 2 saturated heterocycles. The topological polar surface area (TPSA) is 62.2 Å². The van der Waals surface area contributed by atoms with E-state index in [1.54, 1.807) is 7.11 Å². The fourth-order valence-electron chi connectivity index (χ4n) is 8.04. The number of anilines is 1. The van der Waals surface area contributed by atoms with Crippen molar-refractivity contribution < 1.29 is 19.4 Å². The van der Waals surface area contributed by atoms with Gasteiger partial charge in [0, 0.05) is 49.1 Å². The van der Waals surface area contributed by atoms with Gasteiger partial charge in [-0.15, -0.1) is 0 Å². The number of methoxy groups -OCH3 is 1. The molecule has 0 amide bonds. The molecule has 1 saturated carbocycles. The van der Waals surface area contributed by atoms with E-state index < -0.39 is 12.2 Å². The first-order valence-electron chi connectivity index (χ1n) is 11.4. The Morgan fingerprint density at radius 1 is 1.39 bits per heavy atom. The van der Waals surface area contributed by atoms with Crippen LogP contribution in [-0.4, -0.2) is 67.5 Å². The van der Waals surface area contributed by atoms with Gasteiger partial charge in [-0.05, 0) is 59.3 Å². The fourth-order valence-corrected chi connectivity index (χ4v) is 8.55. The number of likely N-dealkylation sites (N-methyl/N-ethyl adjacent to an activating group) is 1. The Morgan fingerprint density at radius 3 is 2.77 bits per heavy atom. The lowest BCUT2D eigenvalue weighted by Gasteiger charge is -2.63. The van der Waals surface area contributed by atoms with E-state index in [1.165, 1.54) is 12.5 Å². The van der Waals surface area contributed by atoms with Crippen LogP contribution in [0.1, 0.15) is 45.6 Å². The van der Waals surface area contributed by atoms with Gasteiger partial charge in [0.15, 0.2) is 0 Å². The number of hydrogen-bond acceptors (Lipinski definition) is 6. The SMILES string of the molecule is CC[C@]12CC(C)CN3CCC4(c5cc(Br)c(OC)cc5N(C)C4C(O)C1OC(C)=O)[C@@H]32. The highest BCUT2D eigenvalue weighted by molar-refractivity contribution is 9.10. The summed E-state index contributed by atoms with van der Waals surface area (Å²) in [7, 11) is 3.74. The van der Waals surface area contributed by atoms with Crippen LogP contribution in [0, 0.1) is 11.3 Å². The minimum Gasteiger partial charge on any atom is -0.495 e. The summed E-state index contributed by atoms with van der Waals surface area (Å²) in [6.07, 6.45) is 1.57. The highest BCUT2D eigenvalue weighted by atomic mass is 79.9. The number of esters is 1. The van der Waals surface area contributed by atoms with Gasteiger partial charge in [-0.25, -0.2) is 0 Å². The van der Waals surface area contributed by atoms with E-state index in [4.69, 9.17) is 9.47 Å². The van der Waals surface area contributed by atoms with Crippen molar-refractivity contribution in [2.24, 2.45) is 11.3 Å². The van der Waals surface area contributed by atoms with E-state index in [2.05, 4.69) is 58.8 Å². The standard InChI is InChI=1S/C24H33BrN2O4/c1-6-23-11-13(2)12-27-8-7-24(22(23)27)15-9-16(25)18(30-5)10-17(15)26(4)20(24)19(29)21(23)31-14(3)28/h9-10,13,19-22,29H,6-8,11-12H2,1-5H3/t13?,19?,20?,21?,22-,23-,24?/m0/s1. The molecule has 1 aliphatic carbocycles. The van der Waals surface area contributed by atoms with Crippen LogP contribution < -0.4 is 9.64 Å². The van der Waals surface area contributed by atoms with Crippen LogP contribution >= 0.6 is 15.9 Å². The summed E-state index contributed by atoms with van der Waals surface area (Å²) >= 11 is 3.71. The highest BCUT2D eigenvalue weighted by Crippen LogP contribution is 2.66. The molecule has 1 aromatic carbocycles. The van der Waals surface area contributed by atoms with Crippen LogP contribution in [0.2, 0.25) is 0 Å². The third kappa shape index (κ3) is 2.60. The van der Waals surface area contributed by atoms with Crippen LogP contribution in [0.4, 0.5) is 5.69 Å². The Bertz CT molecular complexity index is 925.